The van der Waals surface area contributed by atoms with Crippen molar-refractivity contribution in [2.75, 3.05) is 32.5 Å². The molecule has 8 heteroatoms. The lowest BCUT2D eigenvalue weighted by Gasteiger charge is -2.18. The maximum absolute atomic E-state index is 12.0. The predicted octanol–water partition coefficient (Wildman–Crippen LogP) is 0.847. The number of rotatable bonds is 7. The summed E-state index contributed by atoms with van der Waals surface area (Å²) in [6.45, 7) is 0.0337. The summed E-state index contributed by atoms with van der Waals surface area (Å²) in [7, 11) is 0.410. The van der Waals surface area contributed by atoms with Crippen LogP contribution in [-0.4, -0.2) is 46.5 Å². The summed E-state index contributed by atoms with van der Waals surface area (Å²) < 4.78 is 37.0. The van der Waals surface area contributed by atoms with Crippen molar-refractivity contribution < 1.29 is 22.7 Å². The monoisotopic (exact) mass is 302 g/mol. The van der Waals surface area contributed by atoms with E-state index in [1.807, 2.05) is 0 Å². The number of methoxy groups -OCH3 is 2. The molecule has 0 aromatic heterocycles. The van der Waals surface area contributed by atoms with E-state index < -0.39 is 16.2 Å². The first-order valence-electron chi connectivity index (χ1n) is 5.84. The molecule has 0 aliphatic heterocycles. The minimum Gasteiger partial charge on any atom is -0.497 e. The van der Waals surface area contributed by atoms with Crippen molar-refractivity contribution >= 4 is 21.9 Å². The molecule has 0 bridgehead atoms. The first kappa shape index (κ1) is 16.3. The van der Waals surface area contributed by atoms with Crippen LogP contribution in [0.2, 0.25) is 0 Å². The highest BCUT2D eigenvalue weighted by Gasteiger charge is 2.18. The highest BCUT2D eigenvalue weighted by Crippen LogP contribution is 2.18. The van der Waals surface area contributed by atoms with Crippen LogP contribution in [0.4, 0.5) is 5.69 Å². The van der Waals surface area contributed by atoms with Crippen molar-refractivity contribution in [1.29, 1.82) is 0 Å². The summed E-state index contributed by atoms with van der Waals surface area (Å²) in [5.41, 5.74) is 0.384. The number of ether oxygens (including phenoxy) is 2. The van der Waals surface area contributed by atoms with E-state index in [1.165, 1.54) is 21.3 Å². The fourth-order valence-corrected chi connectivity index (χ4v) is 2.30. The maximum Gasteiger partial charge on any atom is 0.306 e. The molecule has 0 spiro atoms. The summed E-state index contributed by atoms with van der Waals surface area (Å²) in [5, 5.41) is 0. The molecule has 0 saturated carbocycles. The van der Waals surface area contributed by atoms with Crippen molar-refractivity contribution in [2.45, 2.75) is 6.42 Å². The van der Waals surface area contributed by atoms with Gasteiger partial charge in [-0.2, -0.15) is 12.7 Å². The topological polar surface area (TPSA) is 84.9 Å². The highest BCUT2D eigenvalue weighted by atomic mass is 32.2. The second-order valence-corrected chi connectivity index (χ2v) is 5.76. The van der Waals surface area contributed by atoms with Gasteiger partial charge in [-0.05, 0) is 12.1 Å². The van der Waals surface area contributed by atoms with Gasteiger partial charge >= 0.3 is 16.2 Å². The minimum absolute atomic E-state index is 0.00792. The summed E-state index contributed by atoms with van der Waals surface area (Å²) >= 11 is 0. The average molecular weight is 302 g/mol. The number of hydrogen-bond acceptors (Lipinski definition) is 5. The Morgan fingerprint density at radius 1 is 1.35 bits per heavy atom. The zero-order valence-corrected chi connectivity index (χ0v) is 12.4. The van der Waals surface area contributed by atoms with E-state index in [-0.39, 0.29) is 13.0 Å². The van der Waals surface area contributed by atoms with Gasteiger partial charge in [0.25, 0.3) is 0 Å². The first-order valence-corrected chi connectivity index (χ1v) is 7.28. The van der Waals surface area contributed by atoms with E-state index in [9.17, 15) is 13.2 Å². The molecule has 112 valence electrons. The van der Waals surface area contributed by atoms with Crippen molar-refractivity contribution in [1.82, 2.24) is 4.31 Å². The van der Waals surface area contributed by atoms with Gasteiger partial charge in [0.1, 0.15) is 5.75 Å². The van der Waals surface area contributed by atoms with Crippen LogP contribution in [0.3, 0.4) is 0 Å². The van der Waals surface area contributed by atoms with Gasteiger partial charge < -0.3 is 9.47 Å². The van der Waals surface area contributed by atoms with Crippen LogP contribution in [0.1, 0.15) is 6.42 Å². The predicted molar refractivity (Wildman–Crippen MR) is 74.8 cm³/mol. The Bertz CT molecular complexity index is 559. The number of hydrogen-bond donors (Lipinski definition) is 1. The van der Waals surface area contributed by atoms with E-state index in [0.717, 1.165) is 4.31 Å². The lowest BCUT2D eigenvalue weighted by molar-refractivity contribution is -0.140. The third-order valence-corrected chi connectivity index (χ3v) is 4.08. The first-order chi connectivity index (χ1) is 9.39. The van der Waals surface area contributed by atoms with Crippen LogP contribution in [0.15, 0.2) is 24.3 Å². The number of benzene rings is 1. The standard InChI is InChI=1S/C12H18N2O5S/c1-14(8-7-12(15)19-3)20(16,17)13-10-5-4-6-11(9-10)18-2/h4-6,9,13H,7-8H2,1-3H3. The van der Waals surface area contributed by atoms with Crippen molar-refractivity contribution in [3.63, 3.8) is 0 Å². The Labute approximate surface area is 118 Å². The van der Waals surface area contributed by atoms with Crippen molar-refractivity contribution in [3.8, 4) is 5.75 Å². The van der Waals surface area contributed by atoms with E-state index in [0.29, 0.717) is 11.4 Å². The molecule has 0 radical (unpaired) electrons. The molecule has 0 aliphatic carbocycles. The second-order valence-electron chi connectivity index (χ2n) is 3.99. The minimum atomic E-state index is -3.72. The van der Waals surface area contributed by atoms with Crippen LogP contribution >= 0.6 is 0 Å². The van der Waals surface area contributed by atoms with Crippen molar-refractivity contribution in [2.24, 2.45) is 0 Å². The molecule has 1 rings (SSSR count). The van der Waals surface area contributed by atoms with E-state index in [4.69, 9.17) is 4.74 Å². The van der Waals surface area contributed by atoms with E-state index in [2.05, 4.69) is 9.46 Å². The van der Waals surface area contributed by atoms with Gasteiger partial charge in [0.15, 0.2) is 0 Å². The molecule has 0 heterocycles. The molecular weight excluding hydrogens is 284 g/mol. The molecule has 0 saturated heterocycles. The molecule has 20 heavy (non-hydrogen) atoms. The molecule has 7 nitrogen and oxygen atoms in total. The largest absolute Gasteiger partial charge is 0.497 e. The Kier molecular flexibility index (Phi) is 5.78. The molecule has 1 aromatic rings. The molecule has 0 atom stereocenters. The SMILES string of the molecule is COC(=O)CCN(C)S(=O)(=O)Nc1cccc(OC)c1. The van der Waals surface area contributed by atoms with Crippen LogP contribution in [-0.2, 0) is 19.7 Å². The van der Waals surface area contributed by atoms with Crippen LogP contribution in [0.5, 0.6) is 5.75 Å². The third-order valence-electron chi connectivity index (χ3n) is 2.59. The molecule has 0 fully saturated rings. The summed E-state index contributed by atoms with van der Waals surface area (Å²) in [6, 6.07) is 6.55. The summed E-state index contributed by atoms with van der Waals surface area (Å²) in [6.07, 6.45) is -0.00792. The van der Waals surface area contributed by atoms with E-state index >= 15 is 0 Å². The molecule has 0 unspecified atom stereocenters. The molecule has 1 aromatic carbocycles. The normalized spacial score (nSPS) is 11.2. The Balaban J connectivity index is 2.70. The maximum atomic E-state index is 12.0. The average Bonchev–Trinajstić information content (AvgIpc) is 2.43. The highest BCUT2D eigenvalue weighted by molar-refractivity contribution is 7.90. The fourth-order valence-electron chi connectivity index (χ4n) is 1.38. The van der Waals surface area contributed by atoms with Gasteiger partial charge in [-0.15, -0.1) is 0 Å². The number of carbonyl (C=O) groups excluding carboxylic acids is 1. The smallest absolute Gasteiger partial charge is 0.306 e. The van der Waals surface area contributed by atoms with E-state index in [1.54, 1.807) is 24.3 Å². The van der Waals surface area contributed by atoms with Crippen molar-refractivity contribution in [3.05, 3.63) is 24.3 Å². The zero-order valence-electron chi connectivity index (χ0n) is 11.6. The lowest BCUT2D eigenvalue weighted by Crippen LogP contribution is -2.34. The molecule has 0 aliphatic rings. The lowest BCUT2D eigenvalue weighted by atomic mass is 10.3. The number of nitrogens with zero attached hydrogens (tertiary/aromatic N) is 1. The Hall–Kier alpha value is -1.80. The fraction of sp³-hybridized carbons (Fsp3) is 0.417. The van der Waals surface area contributed by atoms with Gasteiger partial charge in [-0.25, -0.2) is 0 Å². The summed E-state index contributed by atoms with van der Waals surface area (Å²) in [4.78, 5) is 11.0. The van der Waals surface area contributed by atoms with Gasteiger partial charge in [0, 0.05) is 19.7 Å². The molecule has 1 N–H and O–H groups in total. The van der Waals surface area contributed by atoms with Gasteiger partial charge in [-0.3, -0.25) is 9.52 Å². The number of anilines is 1. The van der Waals surface area contributed by atoms with Gasteiger partial charge in [0.2, 0.25) is 0 Å². The Morgan fingerprint density at radius 3 is 2.65 bits per heavy atom. The number of nitrogens with one attached hydrogen (secondary N) is 1. The van der Waals surface area contributed by atoms with Gasteiger partial charge in [-0.1, -0.05) is 6.07 Å². The Morgan fingerprint density at radius 2 is 2.05 bits per heavy atom. The van der Waals surface area contributed by atoms with Crippen LogP contribution in [0.25, 0.3) is 0 Å². The number of carbonyl (C=O) groups is 1. The quantitative estimate of drug-likeness (QED) is 0.755. The number of esters is 1. The third kappa shape index (κ3) is 4.71. The summed E-state index contributed by atoms with van der Waals surface area (Å²) in [5.74, 6) is 0.0795. The molecule has 0 amide bonds. The molecular formula is C12H18N2O5S. The van der Waals surface area contributed by atoms with Gasteiger partial charge in [0.05, 0.1) is 26.3 Å². The zero-order chi connectivity index (χ0) is 15.2. The van der Waals surface area contributed by atoms with Crippen LogP contribution in [0, 0.1) is 0 Å². The second kappa shape index (κ2) is 7.11. The van der Waals surface area contributed by atoms with Crippen LogP contribution < -0.4 is 9.46 Å².